The summed E-state index contributed by atoms with van der Waals surface area (Å²) in [6.45, 7) is 1.97. The van der Waals surface area contributed by atoms with Gasteiger partial charge in [-0.1, -0.05) is 49.4 Å². The number of hydrogen-bond acceptors (Lipinski definition) is 3. The van der Waals surface area contributed by atoms with Crippen LogP contribution < -0.4 is 0 Å². The van der Waals surface area contributed by atoms with E-state index in [1.54, 1.807) is 30.5 Å². The molecule has 21 heavy (non-hydrogen) atoms. The Labute approximate surface area is 122 Å². The van der Waals surface area contributed by atoms with Crippen LogP contribution in [0.2, 0.25) is 0 Å². The lowest BCUT2D eigenvalue weighted by Gasteiger charge is -2.09. The lowest BCUT2D eigenvalue weighted by molar-refractivity contribution is 0.0659. The third-order valence-electron chi connectivity index (χ3n) is 3.50. The molecule has 1 atom stereocenters. The SMILES string of the molecule is C[C@H](/C=N\N1C(=O)c2ccccc2C1=O)c1ccccc1. The number of rotatable bonds is 3. The fraction of sp³-hybridized carbons (Fsp3) is 0.118. The molecular formula is C17H14N2O2. The topological polar surface area (TPSA) is 49.7 Å². The van der Waals surface area contributed by atoms with E-state index >= 15 is 0 Å². The standard InChI is InChI=1S/C17H14N2O2/c1-12(13-7-3-2-4-8-13)11-18-19-16(20)14-9-5-6-10-15(14)17(19)21/h2-12H,1H3/b18-11-/t12-/m1/s1. The smallest absolute Gasteiger partial charge is 0.267 e. The van der Waals surface area contributed by atoms with Gasteiger partial charge in [0.2, 0.25) is 0 Å². The number of benzene rings is 2. The van der Waals surface area contributed by atoms with Gasteiger partial charge in [0.05, 0.1) is 11.1 Å². The van der Waals surface area contributed by atoms with Gasteiger partial charge in [-0.05, 0) is 17.7 Å². The molecule has 1 aliphatic rings. The molecule has 0 radical (unpaired) electrons. The van der Waals surface area contributed by atoms with Crippen molar-refractivity contribution in [3.8, 4) is 0 Å². The van der Waals surface area contributed by atoms with E-state index in [0.717, 1.165) is 10.6 Å². The first kappa shape index (κ1) is 13.2. The van der Waals surface area contributed by atoms with Crippen molar-refractivity contribution in [3.63, 3.8) is 0 Å². The quantitative estimate of drug-likeness (QED) is 0.640. The molecule has 4 nitrogen and oxygen atoms in total. The zero-order valence-corrected chi connectivity index (χ0v) is 11.6. The minimum Gasteiger partial charge on any atom is -0.267 e. The highest BCUT2D eigenvalue weighted by Gasteiger charge is 2.35. The molecule has 4 heteroatoms. The van der Waals surface area contributed by atoms with Gasteiger partial charge in [0.15, 0.2) is 0 Å². The third-order valence-corrected chi connectivity index (χ3v) is 3.50. The number of hydrazone groups is 1. The lowest BCUT2D eigenvalue weighted by atomic mass is 10.0. The zero-order valence-electron chi connectivity index (χ0n) is 11.6. The highest BCUT2D eigenvalue weighted by atomic mass is 16.2. The maximum Gasteiger partial charge on any atom is 0.282 e. The van der Waals surface area contributed by atoms with Crippen molar-refractivity contribution in [2.24, 2.45) is 5.10 Å². The fourth-order valence-corrected chi connectivity index (χ4v) is 2.29. The largest absolute Gasteiger partial charge is 0.282 e. The molecule has 0 saturated carbocycles. The van der Waals surface area contributed by atoms with E-state index < -0.39 is 0 Å². The number of carbonyl (C=O) groups excluding carboxylic acids is 2. The fourth-order valence-electron chi connectivity index (χ4n) is 2.29. The molecule has 0 spiro atoms. The maximum absolute atomic E-state index is 12.1. The van der Waals surface area contributed by atoms with Crippen LogP contribution in [-0.2, 0) is 0 Å². The first-order valence-corrected chi connectivity index (χ1v) is 6.75. The second-order valence-electron chi connectivity index (χ2n) is 4.93. The van der Waals surface area contributed by atoms with Gasteiger partial charge in [0.1, 0.15) is 0 Å². The molecule has 3 rings (SSSR count). The van der Waals surface area contributed by atoms with E-state index in [0.29, 0.717) is 11.1 Å². The van der Waals surface area contributed by atoms with Crippen molar-refractivity contribution in [1.82, 2.24) is 5.01 Å². The average Bonchev–Trinajstić information content (AvgIpc) is 2.78. The molecule has 1 aliphatic heterocycles. The summed E-state index contributed by atoms with van der Waals surface area (Å²) in [5.74, 6) is -0.713. The molecule has 0 unspecified atom stereocenters. The van der Waals surface area contributed by atoms with Crippen LogP contribution in [0.25, 0.3) is 0 Å². The highest BCUT2D eigenvalue weighted by Crippen LogP contribution is 2.23. The average molecular weight is 278 g/mol. The summed E-state index contributed by atoms with van der Waals surface area (Å²) in [6, 6.07) is 16.6. The number of fused-ring (bicyclic) bond motifs is 1. The second kappa shape index (κ2) is 5.32. The molecule has 0 aliphatic carbocycles. The molecule has 2 amide bonds. The highest BCUT2D eigenvalue weighted by molar-refractivity contribution is 6.21. The first-order chi connectivity index (χ1) is 10.2. The van der Waals surface area contributed by atoms with Gasteiger partial charge in [-0.3, -0.25) is 9.59 Å². The Bertz CT molecular complexity index is 688. The summed E-state index contributed by atoms with van der Waals surface area (Å²) in [7, 11) is 0. The Kier molecular flexibility index (Phi) is 3.36. The summed E-state index contributed by atoms with van der Waals surface area (Å²) >= 11 is 0. The molecule has 0 fully saturated rings. The monoisotopic (exact) mass is 278 g/mol. The van der Waals surface area contributed by atoms with Crippen LogP contribution in [0, 0.1) is 0 Å². The van der Waals surface area contributed by atoms with Crippen molar-refractivity contribution >= 4 is 18.0 Å². The number of carbonyl (C=O) groups is 2. The number of amides is 2. The zero-order chi connectivity index (χ0) is 14.8. The Morgan fingerprint density at radius 3 is 2.00 bits per heavy atom. The summed E-state index contributed by atoms with van der Waals surface area (Å²) in [4.78, 5) is 24.3. The van der Waals surface area contributed by atoms with Crippen molar-refractivity contribution in [2.75, 3.05) is 0 Å². The van der Waals surface area contributed by atoms with Gasteiger partial charge < -0.3 is 0 Å². The lowest BCUT2D eigenvalue weighted by Crippen LogP contribution is -2.24. The molecule has 0 bridgehead atoms. The van der Waals surface area contributed by atoms with Crippen LogP contribution in [-0.4, -0.2) is 23.0 Å². The third kappa shape index (κ3) is 2.36. The molecule has 2 aromatic rings. The van der Waals surface area contributed by atoms with Crippen molar-refractivity contribution in [1.29, 1.82) is 0 Å². The van der Waals surface area contributed by atoms with Crippen LogP contribution in [0.15, 0.2) is 59.7 Å². The van der Waals surface area contributed by atoms with Gasteiger partial charge in [-0.25, -0.2) is 0 Å². The van der Waals surface area contributed by atoms with Crippen LogP contribution >= 0.6 is 0 Å². The minimum absolute atomic E-state index is 0.0236. The van der Waals surface area contributed by atoms with Crippen molar-refractivity contribution in [3.05, 3.63) is 71.3 Å². The minimum atomic E-state index is -0.368. The molecule has 2 aromatic carbocycles. The van der Waals surface area contributed by atoms with E-state index in [4.69, 9.17) is 0 Å². The van der Waals surface area contributed by atoms with Gasteiger partial charge in [0, 0.05) is 12.1 Å². The predicted molar refractivity (Wildman–Crippen MR) is 80.3 cm³/mol. The van der Waals surface area contributed by atoms with Crippen LogP contribution in [0.4, 0.5) is 0 Å². The van der Waals surface area contributed by atoms with Gasteiger partial charge in [-0.2, -0.15) is 10.1 Å². The molecule has 104 valence electrons. The van der Waals surface area contributed by atoms with Crippen molar-refractivity contribution < 1.29 is 9.59 Å². The van der Waals surface area contributed by atoms with Crippen LogP contribution in [0.5, 0.6) is 0 Å². The molecule has 0 N–H and O–H groups in total. The van der Waals surface area contributed by atoms with Gasteiger partial charge in [-0.15, -0.1) is 0 Å². The first-order valence-electron chi connectivity index (χ1n) is 6.75. The molecular weight excluding hydrogens is 264 g/mol. The number of nitrogens with zero attached hydrogens (tertiary/aromatic N) is 2. The summed E-state index contributed by atoms with van der Waals surface area (Å²) in [5.41, 5.74) is 1.90. The summed E-state index contributed by atoms with van der Waals surface area (Å²) in [6.07, 6.45) is 1.62. The molecule has 0 aromatic heterocycles. The Morgan fingerprint density at radius 1 is 0.905 bits per heavy atom. The second-order valence-corrected chi connectivity index (χ2v) is 4.93. The number of hydrogen-bond donors (Lipinski definition) is 0. The van der Waals surface area contributed by atoms with Crippen LogP contribution in [0.1, 0.15) is 39.1 Å². The predicted octanol–water partition coefficient (Wildman–Crippen LogP) is 3.07. The van der Waals surface area contributed by atoms with E-state index in [2.05, 4.69) is 5.10 Å². The molecule has 0 saturated heterocycles. The maximum atomic E-state index is 12.1. The normalized spacial score (nSPS) is 15.6. The van der Waals surface area contributed by atoms with E-state index in [1.807, 2.05) is 37.3 Å². The summed E-state index contributed by atoms with van der Waals surface area (Å²) in [5, 5.41) is 5.02. The van der Waals surface area contributed by atoms with Crippen molar-refractivity contribution in [2.45, 2.75) is 12.8 Å². The Morgan fingerprint density at radius 2 is 1.43 bits per heavy atom. The molecule has 1 heterocycles. The van der Waals surface area contributed by atoms with E-state index in [-0.39, 0.29) is 17.7 Å². The summed E-state index contributed by atoms with van der Waals surface area (Å²) < 4.78 is 0. The van der Waals surface area contributed by atoms with E-state index in [1.165, 1.54) is 0 Å². The Hall–Kier alpha value is -2.75. The van der Waals surface area contributed by atoms with Crippen LogP contribution in [0.3, 0.4) is 0 Å². The number of imide groups is 1. The van der Waals surface area contributed by atoms with Gasteiger partial charge >= 0.3 is 0 Å². The Balaban J connectivity index is 1.82. The van der Waals surface area contributed by atoms with Gasteiger partial charge in [0.25, 0.3) is 11.8 Å². The van der Waals surface area contributed by atoms with E-state index in [9.17, 15) is 9.59 Å².